The lowest BCUT2D eigenvalue weighted by molar-refractivity contribution is 0.271. The molecular weight excluding hydrogens is 528 g/mol. The van der Waals surface area contributed by atoms with Crippen LogP contribution in [0.15, 0.2) is 68.3 Å². The summed E-state index contributed by atoms with van der Waals surface area (Å²) in [5.41, 5.74) is 1.77. The van der Waals surface area contributed by atoms with Crippen LogP contribution in [0.4, 0.5) is 5.88 Å². The van der Waals surface area contributed by atoms with E-state index >= 15 is 0 Å². The lowest BCUT2D eigenvalue weighted by Gasteiger charge is -2.34. The SMILES string of the molecule is Cc1ccc(OCc2ccc(-c3nc(C#N)c(N4CCN(S(=O)(=O)c5cccc(Cl)c5C)CC4)o3)o2)cc1. The summed E-state index contributed by atoms with van der Waals surface area (Å²) in [5.74, 6) is 2.13. The molecule has 0 bridgehead atoms. The summed E-state index contributed by atoms with van der Waals surface area (Å²) in [5, 5.41) is 10.1. The van der Waals surface area contributed by atoms with Crippen molar-refractivity contribution in [1.82, 2.24) is 9.29 Å². The minimum absolute atomic E-state index is 0.107. The molecule has 2 aromatic carbocycles. The summed E-state index contributed by atoms with van der Waals surface area (Å²) in [6.45, 7) is 5.02. The van der Waals surface area contributed by atoms with E-state index < -0.39 is 10.0 Å². The molecule has 2 aromatic heterocycles. The molecule has 0 atom stereocenters. The summed E-state index contributed by atoms with van der Waals surface area (Å²) < 4.78 is 45.4. The number of anilines is 1. The van der Waals surface area contributed by atoms with Gasteiger partial charge in [0, 0.05) is 31.2 Å². The Bertz CT molecular complexity index is 1600. The van der Waals surface area contributed by atoms with Crippen molar-refractivity contribution in [3.8, 4) is 23.5 Å². The Labute approximate surface area is 225 Å². The summed E-state index contributed by atoms with van der Waals surface area (Å²) >= 11 is 6.14. The number of sulfonamides is 1. The standard InChI is InChI=1S/C27H25ClN4O5S/c1-18-6-8-20(9-7-18)35-17-21-10-11-24(36-21)26-30-23(16-29)27(37-26)31-12-14-32(15-13-31)38(33,34)25-5-3-4-22(28)19(25)2/h3-11H,12-15,17H2,1-2H3. The van der Waals surface area contributed by atoms with Crippen molar-refractivity contribution in [2.45, 2.75) is 25.3 Å². The number of aromatic nitrogens is 1. The zero-order chi connectivity index (χ0) is 26.9. The second-order valence-corrected chi connectivity index (χ2v) is 11.2. The van der Waals surface area contributed by atoms with Gasteiger partial charge in [-0.3, -0.25) is 0 Å². The molecule has 0 unspecified atom stereocenters. The molecule has 38 heavy (non-hydrogen) atoms. The van der Waals surface area contributed by atoms with E-state index in [0.29, 0.717) is 35.2 Å². The van der Waals surface area contributed by atoms with Gasteiger partial charge in [0.1, 0.15) is 24.2 Å². The highest BCUT2D eigenvalue weighted by Crippen LogP contribution is 2.32. The number of aryl methyl sites for hydroxylation is 1. The molecule has 11 heteroatoms. The topological polar surface area (TPSA) is 113 Å². The molecule has 0 saturated carbocycles. The van der Waals surface area contributed by atoms with E-state index in [1.807, 2.05) is 36.1 Å². The average molecular weight is 553 g/mol. The molecule has 0 spiro atoms. The second-order valence-electron chi connectivity index (χ2n) is 8.91. The van der Waals surface area contributed by atoms with Gasteiger partial charge in [-0.2, -0.15) is 14.6 Å². The first kappa shape index (κ1) is 25.9. The average Bonchev–Trinajstić information content (AvgIpc) is 3.57. The van der Waals surface area contributed by atoms with Crippen LogP contribution in [-0.2, 0) is 16.6 Å². The molecule has 1 aliphatic heterocycles. The van der Waals surface area contributed by atoms with Crippen molar-refractivity contribution in [2.75, 3.05) is 31.1 Å². The molecule has 0 radical (unpaired) electrons. The van der Waals surface area contributed by atoms with Crippen LogP contribution in [0.25, 0.3) is 11.7 Å². The van der Waals surface area contributed by atoms with Gasteiger partial charge in [0.05, 0.1) is 4.90 Å². The molecule has 0 aliphatic carbocycles. The predicted molar refractivity (Wildman–Crippen MR) is 142 cm³/mol. The van der Waals surface area contributed by atoms with E-state index in [0.717, 1.165) is 11.3 Å². The van der Waals surface area contributed by atoms with Crippen LogP contribution >= 0.6 is 11.6 Å². The van der Waals surface area contributed by atoms with E-state index in [-0.39, 0.29) is 42.1 Å². The van der Waals surface area contributed by atoms with Gasteiger partial charge in [-0.05, 0) is 55.8 Å². The van der Waals surface area contributed by atoms with E-state index in [4.69, 9.17) is 25.2 Å². The van der Waals surface area contributed by atoms with Crippen LogP contribution in [0.5, 0.6) is 5.75 Å². The van der Waals surface area contributed by atoms with Crippen molar-refractivity contribution < 1.29 is 22.0 Å². The number of hydrogen-bond donors (Lipinski definition) is 0. The van der Waals surface area contributed by atoms with Crippen LogP contribution in [0, 0.1) is 25.2 Å². The number of halogens is 1. The van der Waals surface area contributed by atoms with Gasteiger partial charge in [-0.25, -0.2) is 8.42 Å². The maximum absolute atomic E-state index is 13.2. The van der Waals surface area contributed by atoms with Gasteiger partial charge in [-0.15, -0.1) is 0 Å². The van der Waals surface area contributed by atoms with Gasteiger partial charge in [0.25, 0.3) is 5.89 Å². The Morgan fingerprint density at radius 1 is 1.03 bits per heavy atom. The maximum atomic E-state index is 13.2. The lowest BCUT2D eigenvalue weighted by atomic mass is 10.2. The number of oxazole rings is 1. The van der Waals surface area contributed by atoms with Crippen molar-refractivity contribution in [3.05, 3.63) is 82.2 Å². The molecule has 4 aromatic rings. The summed E-state index contributed by atoms with van der Waals surface area (Å²) in [4.78, 5) is 6.31. The normalized spacial score (nSPS) is 14.4. The van der Waals surface area contributed by atoms with Crippen molar-refractivity contribution in [2.24, 2.45) is 0 Å². The summed E-state index contributed by atoms with van der Waals surface area (Å²) in [6, 6.07) is 18.1. The van der Waals surface area contributed by atoms with Crippen LogP contribution in [0.1, 0.15) is 22.6 Å². The predicted octanol–water partition coefficient (Wildman–Crippen LogP) is 5.17. The fourth-order valence-electron chi connectivity index (χ4n) is 4.20. The quantitative estimate of drug-likeness (QED) is 0.309. The fourth-order valence-corrected chi connectivity index (χ4v) is 6.10. The lowest BCUT2D eigenvalue weighted by Crippen LogP contribution is -2.48. The number of hydrogen-bond acceptors (Lipinski definition) is 8. The first-order valence-electron chi connectivity index (χ1n) is 12.0. The largest absolute Gasteiger partial charge is 0.486 e. The Hall–Kier alpha value is -3.78. The first-order valence-corrected chi connectivity index (χ1v) is 13.8. The zero-order valence-electron chi connectivity index (χ0n) is 20.8. The third-order valence-corrected chi connectivity index (χ3v) is 8.80. The first-order chi connectivity index (χ1) is 18.3. The Kier molecular flexibility index (Phi) is 7.17. The van der Waals surface area contributed by atoms with Crippen LogP contribution in [0.2, 0.25) is 5.02 Å². The van der Waals surface area contributed by atoms with E-state index in [1.165, 1.54) is 4.31 Å². The molecule has 0 N–H and O–H groups in total. The zero-order valence-corrected chi connectivity index (χ0v) is 22.4. The van der Waals surface area contributed by atoms with E-state index in [1.54, 1.807) is 37.3 Å². The number of benzene rings is 2. The van der Waals surface area contributed by atoms with Crippen LogP contribution in [0.3, 0.4) is 0 Å². The van der Waals surface area contributed by atoms with Gasteiger partial charge in [-0.1, -0.05) is 35.4 Å². The number of ether oxygens (including phenoxy) is 1. The van der Waals surface area contributed by atoms with Crippen molar-refractivity contribution in [1.29, 1.82) is 5.26 Å². The Morgan fingerprint density at radius 3 is 2.47 bits per heavy atom. The molecule has 5 rings (SSSR count). The second kappa shape index (κ2) is 10.5. The number of furan rings is 1. The summed E-state index contributed by atoms with van der Waals surface area (Å²) in [7, 11) is -3.72. The number of rotatable bonds is 7. The molecule has 1 saturated heterocycles. The number of nitriles is 1. The molecule has 196 valence electrons. The minimum atomic E-state index is -3.72. The summed E-state index contributed by atoms with van der Waals surface area (Å²) in [6.07, 6.45) is 0. The number of piperazine rings is 1. The maximum Gasteiger partial charge on any atom is 0.266 e. The highest BCUT2D eigenvalue weighted by atomic mass is 35.5. The van der Waals surface area contributed by atoms with Gasteiger partial charge in [0.15, 0.2) is 5.76 Å². The van der Waals surface area contributed by atoms with Gasteiger partial charge in [0.2, 0.25) is 21.6 Å². The molecule has 3 heterocycles. The monoisotopic (exact) mass is 552 g/mol. The van der Waals surface area contributed by atoms with Crippen molar-refractivity contribution >= 4 is 27.5 Å². The molecule has 1 aliphatic rings. The van der Waals surface area contributed by atoms with Crippen LogP contribution in [-0.4, -0.2) is 43.9 Å². The Balaban J connectivity index is 1.27. The third-order valence-electron chi connectivity index (χ3n) is 6.35. The fraction of sp³-hybridized carbons (Fsp3) is 0.259. The van der Waals surface area contributed by atoms with Gasteiger partial charge >= 0.3 is 0 Å². The van der Waals surface area contributed by atoms with Crippen molar-refractivity contribution in [3.63, 3.8) is 0 Å². The Morgan fingerprint density at radius 2 is 1.76 bits per heavy atom. The van der Waals surface area contributed by atoms with E-state index in [9.17, 15) is 13.7 Å². The van der Waals surface area contributed by atoms with Crippen LogP contribution < -0.4 is 9.64 Å². The van der Waals surface area contributed by atoms with E-state index in [2.05, 4.69) is 11.1 Å². The highest BCUT2D eigenvalue weighted by Gasteiger charge is 2.32. The highest BCUT2D eigenvalue weighted by molar-refractivity contribution is 7.89. The number of nitrogens with zero attached hydrogens (tertiary/aromatic N) is 4. The van der Waals surface area contributed by atoms with Gasteiger partial charge < -0.3 is 18.5 Å². The smallest absolute Gasteiger partial charge is 0.266 e. The molecule has 0 amide bonds. The minimum Gasteiger partial charge on any atom is -0.486 e. The molecule has 9 nitrogen and oxygen atoms in total. The third kappa shape index (κ3) is 5.13. The molecular formula is C27H25ClN4O5S. The molecule has 1 fully saturated rings.